The van der Waals surface area contributed by atoms with Gasteiger partial charge < -0.3 is 0 Å². The zero-order valence-corrected chi connectivity index (χ0v) is 14.0. The molecule has 0 fully saturated rings. The van der Waals surface area contributed by atoms with Crippen LogP contribution in [0, 0.1) is 13.8 Å². The summed E-state index contributed by atoms with van der Waals surface area (Å²) in [6.07, 6.45) is 1.56. The molecule has 0 amide bonds. The Hall–Kier alpha value is -2.74. The van der Waals surface area contributed by atoms with Gasteiger partial charge in [-0.25, -0.2) is 14.5 Å². The molecule has 0 aliphatic heterocycles. The van der Waals surface area contributed by atoms with Crippen LogP contribution in [-0.4, -0.2) is 29.1 Å². The molecule has 0 unspecified atom stereocenters. The van der Waals surface area contributed by atoms with Crippen molar-refractivity contribution >= 4 is 28.4 Å². The van der Waals surface area contributed by atoms with Crippen molar-refractivity contribution in [3.8, 4) is 0 Å². The summed E-state index contributed by atoms with van der Waals surface area (Å²) in [5.74, 6) is 0.963. The van der Waals surface area contributed by atoms with Gasteiger partial charge in [-0.05, 0) is 32.0 Å². The fourth-order valence-electron chi connectivity index (χ4n) is 2.53. The van der Waals surface area contributed by atoms with Gasteiger partial charge in [0.05, 0.1) is 23.1 Å². The predicted molar refractivity (Wildman–Crippen MR) is 92.1 cm³/mol. The van der Waals surface area contributed by atoms with Crippen molar-refractivity contribution in [3.05, 3.63) is 58.4 Å². The summed E-state index contributed by atoms with van der Waals surface area (Å²) >= 11 is 1.38. The second kappa shape index (κ2) is 5.72. The normalized spacial score (nSPS) is 11.4. The smallest absolute Gasteiger partial charge is 0.261 e. The zero-order chi connectivity index (χ0) is 16.7. The number of hydrogen-bond donors (Lipinski definition) is 0. The third-order valence-electron chi connectivity index (χ3n) is 3.66. The molecule has 0 spiro atoms. The lowest BCUT2D eigenvalue weighted by atomic mass is 10.2. The summed E-state index contributed by atoms with van der Waals surface area (Å²) in [5, 5.41) is 5.62. The number of para-hydroxylation sites is 1. The minimum absolute atomic E-state index is 0.0676. The highest BCUT2D eigenvalue weighted by Crippen LogP contribution is 2.17. The van der Waals surface area contributed by atoms with Crippen LogP contribution in [0.5, 0.6) is 0 Å². The molecule has 7 nitrogen and oxygen atoms in total. The van der Waals surface area contributed by atoms with Crippen molar-refractivity contribution in [3.63, 3.8) is 0 Å². The van der Waals surface area contributed by atoms with E-state index in [0.29, 0.717) is 27.7 Å². The van der Waals surface area contributed by atoms with Crippen LogP contribution in [0.15, 0.2) is 46.6 Å². The maximum absolute atomic E-state index is 12.5. The number of aryl methyl sites for hydroxylation is 2. The molecule has 0 saturated carbocycles. The van der Waals surface area contributed by atoms with Gasteiger partial charge in [-0.15, -0.1) is 5.10 Å². The lowest BCUT2D eigenvalue weighted by Gasteiger charge is -2.04. The maximum Gasteiger partial charge on any atom is 0.261 e. The van der Waals surface area contributed by atoms with Gasteiger partial charge >= 0.3 is 0 Å². The molecular weight excluding hydrogens is 324 g/mol. The van der Waals surface area contributed by atoms with E-state index in [4.69, 9.17) is 0 Å². The number of rotatable bonds is 3. The van der Waals surface area contributed by atoms with E-state index < -0.39 is 0 Å². The third kappa shape index (κ3) is 2.54. The van der Waals surface area contributed by atoms with Gasteiger partial charge in [0.25, 0.3) is 11.3 Å². The highest BCUT2D eigenvalue weighted by atomic mass is 32.2. The highest BCUT2D eigenvalue weighted by Gasteiger charge is 2.09. The predicted octanol–water partition coefficient (Wildman–Crippen LogP) is 2.20. The fourth-order valence-corrected chi connectivity index (χ4v) is 3.26. The van der Waals surface area contributed by atoms with E-state index in [0.717, 1.165) is 11.4 Å². The van der Waals surface area contributed by atoms with Gasteiger partial charge in [-0.2, -0.15) is 4.98 Å². The van der Waals surface area contributed by atoms with Crippen LogP contribution in [0.2, 0.25) is 0 Å². The van der Waals surface area contributed by atoms with Gasteiger partial charge in [0, 0.05) is 11.4 Å². The van der Waals surface area contributed by atoms with E-state index in [1.165, 1.54) is 11.8 Å². The molecule has 1 aromatic carbocycles. The molecule has 24 heavy (non-hydrogen) atoms. The number of fused-ring (bicyclic) bond motifs is 2. The Morgan fingerprint density at radius 3 is 2.88 bits per heavy atom. The minimum atomic E-state index is -0.0676. The Balaban J connectivity index is 1.64. The lowest BCUT2D eigenvalue weighted by Crippen LogP contribution is -2.19. The molecular formula is C16H14N6OS. The standard InChI is InChI=1S/C16H14N6OS/c1-10-7-11(2)22-15(18-10)19-16(20-22)24-9-21-8-17-13-6-4-3-5-12(13)14(21)23/h3-8H,9H2,1-2H3. The molecule has 0 aliphatic carbocycles. The van der Waals surface area contributed by atoms with Crippen LogP contribution >= 0.6 is 11.8 Å². The number of hydrogen-bond acceptors (Lipinski definition) is 6. The van der Waals surface area contributed by atoms with Crippen molar-refractivity contribution in [2.45, 2.75) is 24.9 Å². The van der Waals surface area contributed by atoms with E-state index in [9.17, 15) is 4.79 Å². The van der Waals surface area contributed by atoms with Gasteiger partial charge in [-0.1, -0.05) is 23.9 Å². The Kier molecular flexibility index (Phi) is 3.53. The van der Waals surface area contributed by atoms with E-state index in [1.54, 1.807) is 21.5 Å². The van der Waals surface area contributed by atoms with E-state index in [1.807, 2.05) is 38.1 Å². The monoisotopic (exact) mass is 338 g/mol. The summed E-state index contributed by atoms with van der Waals surface area (Å²) in [6, 6.07) is 9.27. The molecule has 8 heteroatoms. The molecule has 0 bridgehead atoms. The van der Waals surface area contributed by atoms with Crippen LogP contribution in [0.4, 0.5) is 0 Å². The number of nitrogens with zero attached hydrogens (tertiary/aromatic N) is 6. The summed E-state index contributed by atoms with van der Waals surface area (Å²) in [6.45, 7) is 3.89. The first-order valence-corrected chi connectivity index (χ1v) is 8.38. The van der Waals surface area contributed by atoms with E-state index in [-0.39, 0.29) is 5.56 Å². The Morgan fingerprint density at radius 1 is 1.17 bits per heavy atom. The minimum Gasteiger partial charge on any atom is -0.288 e. The quantitative estimate of drug-likeness (QED) is 0.533. The number of benzene rings is 1. The largest absolute Gasteiger partial charge is 0.288 e. The van der Waals surface area contributed by atoms with Gasteiger partial charge in [0.15, 0.2) is 0 Å². The second-order valence-corrected chi connectivity index (χ2v) is 6.37. The summed E-state index contributed by atoms with van der Waals surface area (Å²) in [4.78, 5) is 25.6. The van der Waals surface area contributed by atoms with Crippen molar-refractivity contribution in [1.29, 1.82) is 0 Å². The summed E-state index contributed by atoms with van der Waals surface area (Å²) in [7, 11) is 0. The molecule has 0 radical (unpaired) electrons. The van der Waals surface area contributed by atoms with E-state index >= 15 is 0 Å². The van der Waals surface area contributed by atoms with Crippen molar-refractivity contribution in [1.82, 2.24) is 29.1 Å². The van der Waals surface area contributed by atoms with Gasteiger partial charge in [0.1, 0.15) is 0 Å². The van der Waals surface area contributed by atoms with E-state index in [2.05, 4.69) is 20.1 Å². The molecule has 3 aromatic heterocycles. The molecule has 0 atom stereocenters. The first-order valence-electron chi connectivity index (χ1n) is 7.40. The second-order valence-electron chi connectivity index (χ2n) is 5.46. The average Bonchev–Trinajstić information content (AvgIpc) is 2.98. The van der Waals surface area contributed by atoms with Crippen LogP contribution < -0.4 is 5.56 Å². The Labute approximate surface area is 141 Å². The summed E-state index contributed by atoms with van der Waals surface area (Å²) in [5.41, 5.74) is 2.51. The van der Waals surface area contributed by atoms with Gasteiger partial charge in [-0.3, -0.25) is 9.36 Å². The molecule has 120 valence electrons. The lowest BCUT2D eigenvalue weighted by molar-refractivity contribution is 0.809. The topological polar surface area (TPSA) is 78.0 Å². The molecule has 0 N–H and O–H groups in total. The van der Waals surface area contributed by atoms with Crippen LogP contribution in [0.3, 0.4) is 0 Å². The third-order valence-corrected chi connectivity index (χ3v) is 4.50. The van der Waals surface area contributed by atoms with Crippen molar-refractivity contribution in [2.24, 2.45) is 0 Å². The molecule has 0 aliphatic rings. The molecule has 0 saturated heterocycles. The first kappa shape index (κ1) is 14.8. The molecule has 3 heterocycles. The fraction of sp³-hybridized carbons (Fsp3) is 0.188. The van der Waals surface area contributed by atoms with Crippen molar-refractivity contribution in [2.75, 3.05) is 0 Å². The maximum atomic E-state index is 12.5. The summed E-state index contributed by atoms with van der Waals surface area (Å²) < 4.78 is 3.26. The highest BCUT2D eigenvalue weighted by molar-refractivity contribution is 7.98. The SMILES string of the molecule is Cc1cc(C)n2nc(SCn3cnc4ccccc4c3=O)nc2n1. The Bertz CT molecular complexity index is 1120. The molecule has 4 aromatic rings. The van der Waals surface area contributed by atoms with Gasteiger partial charge in [0.2, 0.25) is 5.16 Å². The number of thioether (sulfide) groups is 1. The van der Waals surface area contributed by atoms with Crippen LogP contribution in [0.1, 0.15) is 11.4 Å². The first-order chi connectivity index (χ1) is 11.6. The number of aromatic nitrogens is 6. The zero-order valence-electron chi connectivity index (χ0n) is 13.2. The molecule has 4 rings (SSSR count). The average molecular weight is 338 g/mol. The van der Waals surface area contributed by atoms with Crippen molar-refractivity contribution < 1.29 is 0 Å². The van der Waals surface area contributed by atoms with Crippen LogP contribution in [-0.2, 0) is 5.88 Å². The Morgan fingerprint density at radius 2 is 2.00 bits per heavy atom. The van der Waals surface area contributed by atoms with Crippen LogP contribution in [0.25, 0.3) is 16.7 Å².